The van der Waals surface area contributed by atoms with Gasteiger partial charge in [0.1, 0.15) is 0 Å². The van der Waals surface area contributed by atoms with Crippen LogP contribution in [0, 0.1) is 0 Å². The fourth-order valence-electron chi connectivity index (χ4n) is 5.38. The Hall–Kier alpha value is -3.86. The summed E-state index contributed by atoms with van der Waals surface area (Å²) in [7, 11) is 4.09. The van der Waals surface area contributed by atoms with E-state index in [9.17, 15) is 9.59 Å². The molecule has 5 nitrogen and oxygen atoms in total. The molecule has 0 saturated carbocycles. The molecule has 0 heterocycles. The van der Waals surface area contributed by atoms with Crippen LogP contribution in [0.4, 0.5) is 11.4 Å². The number of benzene rings is 3. The first-order valence-corrected chi connectivity index (χ1v) is 13.6. The second-order valence-electron chi connectivity index (χ2n) is 12.1. The molecule has 5 heteroatoms. The summed E-state index contributed by atoms with van der Waals surface area (Å²) in [4.78, 5) is 26.6. The first-order valence-electron chi connectivity index (χ1n) is 13.6. The Kier molecular flexibility index (Phi) is 8.01. The molecule has 0 saturated heterocycles. The lowest BCUT2D eigenvalue weighted by molar-refractivity contribution is 0.0696. The van der Waals surface area contributed by atoms with Crippen LogP contribution in [0.5, 0.6) is 0 Å². The fraction of sp³-hybridized carbons (Fsp3) is 0.353. The van der Waals surface area contributed by atoms with Gasteiger partial charge in [-0.2, -0.15) is 0 Å². The molecule has 2 N–H and O–H groups in total. The maximum atomic E-state index is 13.4. The fourth-order valence-corrected chi connectivity index (χ4v) is 5.38. The number of carboxylic acid groups (broad SMARTS) is 1. The van der Waals surface area contributed by atoms with Crippen molar-refractivity contribution in [2.75, 3.05) is 30.9 Å². The van der Waals surface area contributed by atoms with E-state index in [1.54, 1.807) is 36.4 Å². The Morgan fingerprint density at radius 2 is 1.54 bits per heavy atom. The number of hydrogen-bond acceptors (Lipinski definition) is 4. The van der Waals surface area contributed by atoms with E-state index in [2.05, 4.69) is 68.2 Å². The summed E-state index contributed by atoms with van der Waals surface area (Å²) >= 11 is 0. The molecule has 1 aliphatic rings. The zero-order valence-electron chi connectivity index (χ0n) is 24.0. The lowest BCUT2D eigenvalue weighted by Gasteiger charge is -2.43. The lowest BCUT2D eigenvalue weighted by atomic mass is 9.62. The first-order chi connectivity index (χ1) is 18.4. The van der Waals surface area contributed by atoms with E-state index in [0.29, 0.717) is 5.56 Å². The number of allylic oxidation sites excluding steroid dienone is 1. The van der Waals surface area contributed by atoms with E-state index in [1.807, 2.05) is 20.2 Å². The highest BCUT2D eigenvalue weighted by molar-refractivity contribution is 6.07. The van der Waals surface area contributed by atoms with Crippen molar-refractivity contribution >= 4 is 29.2 Å². The zero-order chi connectivity index (χ0) is 28.4. The Balaban J connectivity index is 1.62. The molecule has 0 aromatic heterocycles. The van der Waals surface area contributed by atoms with Crippen molar-refractivity contribution < 1.29 is 14.7 Å². The SMILES string of the molecule is CN(C)c1ccc(CCNc2cc(C(=O)C=Cc3ccc(C(=O)O)cc3)cc3c2C(C)(C)CCC3(C)C)cc1. The van der Waals surface area contributed by atoms with Gasteiger partial charge in [-0.15, -0.1) is 0 Å². The van der Waals surface area contributed by atoms with Gasteiger partial charge < -0.3 is 15.3 Å². The quantitative estimate of drug-likeness (QED) is 0.226. The predicted octanol–water partition coefficient (Wildman–Crippen LogP) is 7.35. The zero-order valence-corrected chi connectivity index (χ0v) is 24.0. The van der Waals surface area contributed by atoms with Gasteiger partial charge in [-0.05, 0) is 94.8 Å². The van der Waals surface area contributed by atoms with E-state index < -0.39 is 5.97 Å². The number of carbonyl (C=O) groups is 2. The number of rotatable bonds is 9. The van der Waals surface area contributed by atoms with E-state index in [1.165, 1.54) is 22.4 Å². The summed E-state index contributed by atoms with van der Waals surface area (Å²) in [5.74, 6) is -1.03. The third-order valence-corrected chi connectivity index (χ3v) is 7.97. The number of aromatic carboxylic acids is 1. The molecule has 1 aliphatic carbocycles. The van der Waals surface area contributed by atoms with Gasteiger partial charge in [-0.3, -0.25) is 4.79 Å². The van der Waals surface area contributed by atoms with Gasteiger partial charge in [-0.1, -0.05) is 58.0 Å². The third-order valence-electron chi connectivity index (χ3n) is 7.97. The van der Waals surface area contributed by atoms with Crippen LogP contribution in [0.15, 0.2) is 66.7 Å². The van der Waals surface area contributed by atoms with Crippen molar-refractivity contribution in [2.45, 2.75) is 57.8 Å². The van der Waals surface area contributed by atoms with E-state index in [-0.39, 0.29) is 22.2 Å². The molecule has 0 bridgehead atoms. The highest BCUT2D eigenvalue weighted by Gasteiger charge is 2.39. The minimum Gasteiger partial charge on any atom is -0.478 e. The monoisotopic (exact) mass is 524 g/mol. The highest BCUT2D eigenvalue weighted by Crippen LogP contribution is 2.49. The van der Waals surface area contributed by atoms with Crippen molar-refractivity contribution in [3.63, 3.8) is 0 Å². The largest absolute Gasteiger partial charge is 0.478 e. The summed E-state index contributed by atoms with van der Waals surface area (Å²) in [5, 5.41) is 12.8. The number of carboxylic acids is 1. The van der Waals surface area contributed by atoms with Crippen molar-refractivity contribution in [3.05, 3.63) is 100 Å². The van der Waals surface area contributed by atoms with Gasteiger partial charge in [0.15, 0.2) is 5.78 Å². The van der Waals surface area contributed by atoms with E-state index in [4.69, 9.17) is 5.11 Å². The molecule has 0 aliphatic heterocycles. The van der Waals surface area contributed by atoms with Gasteiger partial charge in [0.25, 0.3) is 0 Å². The molecule has 204 valence electrons. The number of nitrogens with one attached hydrogen (secondary N) is 1. The Bertz CT molecular complexity index is 1380. The first kappa shape index (κ1) is 28.2. The Morgan fingerprint density at radius 1 is 0.897 bits per heavy atom. The number of hydrogen-bond donors (Lipinski definition) is 2. The summed E-state index contributed by atoms with van der Waals surface area (Å²) in [6.45, 7) is 9.91. The molecule has 0 spiro atoms. The summed E-state index contributed by atoms with van der Waals surface area (Å²) in [6, 6.07) is 19.2. The van der Waals surface area contributed by atoms with Crippen molar-refractivity contribution in [1.29, 1.82) is 0 Å². The van der Waals surface area contributed by atoms with Gasteiger partial charge in [-0.25, -0.2) is 4.79 Å². The summed E-state index contributed by atoms with van der Waals surface area (Å²) in [6.07, 6.45) is 6.36. The Labute approximate surface area is 232 Å². The molecule has 3 aromatic rings. The number of nitrogens with zero attached hydrogens (tertiary/aromatic N) is 1. The van der Waals surface area contributed by atoms with Crippen LogP contribution < -0.4 is 10.2 Å². The normalized spacial score (nSPS) is 15.5. The topological polar surface area (TPSA) is 69.6 Å². The predicted molar refractivity (Wildman–Crippen MR) is 161 cm³/mol. The second kappa shape index (κ2) is 11.1. The van der Waals surface area contributed by atoms with Gasteiger partial charge in [0.05, 0.1) is 5.56 Å². The van der Waals surface area contributed by atoms with Crippen molar-refractivity contribution in [2.24, 2.45) is 0 Å². The average Bonchev–Trinajstić information content (AvgIpc) is 2.90. The summed E-state index contributed by atoms with van der Waals surface area (Å²) in [5.41, 5.74) is 7.68. The third kappa shape index (κ3) is 6.42. The van der Waals surface area contributed by atoms with Crippen LogP contribution >= 0.6 is 0 Å². The minimum atomic E-state index is -0.966. The minimum absolute atomic E-state index is 0.00382. The van der Waals surface area contributed by atoms with Gasteiger partial charge in [0.2, 0.25) is 0 Å². The molecule has 3 aromatic carbocycles. The van der Waals surface area contributed by atoms with Crippen LogP contribution in [0.1, 0.15) is 83.5 Å². The second-order valence-corrected chi connectivity index (χ2v) is 12.1. The van der Waals surface area contributed by atoms with Crippen molar-refractivity contribution in [1.82, 2.24) is 0 Å². The molecule has 4 rings (SSSR count). The molecule has 0 radical (unpaired) electrons. The number of ketones is 1. The molecule has 0 unspecified atom stereocenters. The van der Waals surface area contributed by atoms with Gasteiger partial charge >= 0.3 is 5.97 Å². The van der Waals surface area contributed by atoms with E-state index in [0.717, 1.165) is 37.1 Å². The average molecular weight is 525 g/mol. The standard InChI is InChI=1S/C34H40N2O3/c1-33(2)18-19-34(3,4)31-28(33)21-26(30(37)16-11-23-7-12-25(13-8-23)32(38)39)22-29(31)35-20-17-24-9-14-27(15-10-24)36(5)6/h7-16,21-22,35H,17-20H2,1-6H3,(H,38,39). The van der Waals surface area contributed by atoms with E-state index >= 15 is 0 Å². The maximum absolute atomic E-state index is 13.4. The maximum Gasteiger partial charge on any atom is 0.335 e. The Morgan fingerprint density at radius 3 is 2.15 bits per heavy atom. The number of fused-ring (bicyclic) bond motifs is 1. The molecule has 0 atom stereocenters. The molecule has 0 amide bonds. The van der Waals surface area contributed by atoms with Crippen LogP contribution in [0.2, 0.25) is 0 Å². The van der Waals surface area contributed by atoms with Crippen LogP contribution in [0.3, 0.4) is 0 Å². The van der Waals surface area contributed by atoms with Crippen molar-refractivity contribution in [3.8, 4) is 0 Å². The smallest absolute Gasteiger partial charge is 0.335 e. The van der Waals surface area contributed by atoms with Gasteiger partial charge in [0, 0.05) is 37.6 Å². The molecule has 0 fully saturated rings. The molecule has 39 heavy (non-hydrogen) atoms. The summed E-state index contributed by atoms with van der Waals surface area (Å²) < 4.78 is 0. The number of carbonyl (C=O) groups excluding carboxylic acids is 1. The number of anilines is 2. The highest BCUT2D eigenvalue weighted by atomic mass is 16.4. The molecular weight excluding hydrogens is 484 g/mol. The molecular formula is C34H40N2O3. The van der Waals surface area contributed by atoms with Crippen LogP contribution in [-0.4, -0.2) is 37.5 Å². The van der Waals surface area contributed by atoms with Crippen LogP contribution in [0.25, 0.3) is 6.08 Å². The lowest BCUT2D eigenvalue weighted by Crippen LogP contribution is -2.35. The van der Waals surface area contributed by atoms with Crippen LogP contribution in [-0.2, 0) is 17.3 Å².